The van der Waals surface area contributed by atoms with Crippen LogP contribution < -0.4 is 4.98 Å². The van der Waals surface area contributed by atoms with E-state index in [2.05, 4.69) is 57.8 Å². The Hall–Kier alpha value is -0.400. The van der Waals surface area contributed by atoms with Crippen LogP contribution in [0.4, 0.5) is 0 Å². The summed E-state index contributed by atoms with van der Waals surface area (Å²) in [4.78, 5) is 18.0. The zero-order chi connectivity index (χ0) is 13.9. The van der Waals surface area contributed by atoms with Gasteiger partial charge in [-0.2, -0.15) is 0 Å². The molecule has 4 nitrogen and oxygen atoms in total. The van der Waals surface area contributed by atoms with Gasteiger partial charge in [0.05, 0.1) is 13.0 Å². The molecule has 2 N–H and O–H groups in total. The first kappa shape index (κ1) is 15.0. The largest absolute Gasteiger partial charge is 0.463 e. The van der Waals surface area contributed by atoms with Gasteiger partial charge in [-0.05, 0) is 66.3 Å². The highest BCUT2D eigenvalue weighted by atomic mass is 80.0. The third-order valence-electron chi connectivity index (χ3n) is 2.53. The number of rotatable bonds is 4. The summed E-state index contributed by atoms with van der Waals surface area (Å²) in [5.41, 5.74) is 2.16. The minimum absolute atomic E-state index is 0.368. The third kappa shape index (κ3) is 4.29. The predicted molar refractivity (Wildman–Crippen MR) is 83.6 cm³/mol. The second-order valence-corrected chi connectivity index (χ2v) is 10.8. The van der Waals surface area contributed by atoms with Crippen molar-refractivity contribution in [2.75, 3.05) is 6.61 Å². The van der Waals surface area contributed by atoms with Crippen molar-refractivity contribution in [2.24, 2.45) is 0 Å². The first-order valence-corrected chi connectivity index (χ1v) is 8.07. The zero-order valence-electron chi connectivity index (χ0n) is 9.88. The first-order chi connectivity index (χ1) is 8.97. The number of alkyl halides is 3. The fourth-order valence-electron chi connectivity index (χ4n) is 1.68. The number of nitrogens with one attached hydrogen (secondary N) is 2. The van der Waals surface area contributed by atoms with Crippen LogP contribution in [0.3, 0.4) is 0 Å². The number of carbonyl (C=O) groups is 1. The summed E-state index contributed by atoms with van der Waals surface area (Å²) in [5.74, 6) is 0.633. The molecule has 102 valence electrons. The summed E-state index contributed by atoms with van der Waals surface area (Å²) in [5, 5.41) is 0. The number of H-pyrrole nitrogens is 2. The number of halogens is 3. The number of aromatic amines is 2. The minimum Gasteiger partial charge on any atom is -0.463 e. The van der Waals surface area contributed by atoms with Gasteiger partial charge in [0.15, 0.2) is 11.0 Å². The van der Waals surface area contributed by atoms with E-state index >= 15 is 0 Å². The number of aromatic nitrogens is 2. The van der Waals surface area contributed by atoms with Crippen LogP contribution in [-0.2, 0) is 16.0 Å². The Morgan fingerprint density at radius 1 is 1.32 bits per heavy atom. The van der Waals surface area contributed by atoms with Crippen LogP contribution in [0.15, 0.2) is 24.3 Å². The van der Waals surface area contributed by atoms with Crippen LogP contribution in [0.2, 0.25) is 0 Å². The summed E-state index contributed by atoms with van der Waals surface area (Å²) in [7, 11) is 0. The van der Waals surface area contributed by atoms with Gasteiger partial charge in [-0.25, -0.2) is 14.8 Å². The van der Waals surface area contributed by atoms with Gasteiger partial charge in [0, 0.05) is 0 Å². The summed E-state index contributed by atoms with van der Waals surface area (Å²) in [6, 6.07) is 8.01. The number of hydrogen-bond donors (Lipinski definition) is 1. The molecule has 1 heterocycles. The molecule has 0 aliphatic rings. The topological polar surface area (TPSA) is 56.2 Å². The Labute approximate surface area is 135 Å². The van der Waals surface area contributed by atoms with Gasteiger partial charge >= 0.3 is 5.97 Å². The molecular formula is C12H12Br3N2O2+. The Morgan fingerprint density at radius 2 is 2.05 bits per heavy atom. The number of imidazole rings is 1. The van der Waals surface area contributed by atoms with E-state index in [9.17, 15) is 4.79 Å². The molecule has 0 spiro atoms. The van der Waals surface area contributed by atoms with E-state index in [0.29, 0.717) is 6.61 Å². The molecule has 7 heteroatoms. The normalized spacial score (nSPS) is 11.7. The molecule has 2 rings (SSSR count). The molecule has 1 aromatic carbocycles. The molecular weight excluding hydrogens is 444 g/mol. The van der Waals surface area contributed by atoms with E-state index in [0.717, 1.165) is 29.7 Å². The predicted octanol–water partition coefficient (Wildman–Crippen LogP) is 3.30. The fraction of sp³-hybridized carbons (Fsp3) is 0.333. The van der Waals surface area contributed by atoms with Crippen molar-refractivity contribution in [1.29, 1.82) is 0 Å². The lowest BCUT2D eigenvalue weighted by Crippen LogP contribution is -2.21. The molecule has 0 aliphatic heterocycles. The minimum atomic E-state index is -0.986. The molecule has 2 aromatic rings. The molecule has 0 atom stereocenters. The van der Waals surface area contributed by atoms with Crippen molar-refractivity contribution in [3.63, 3.8) is 0 Å². The second-order valence-electron chi connectivity index (χ2n) is 4.01. The van der Waals surface area contributed by atoms with E-state index in [1.807, 2.05) is 24.3 Å². The van der Waals surface area contributed by atoms with E-state index < -0.39 is 8.11 Å². The van der Waals surface area contributed by atoms with Crippen LogP contribution in [0.5, 0.6) is 0 Å². The Bertz CT molecular complexity index is 545. The van der Waals surface area contributed by atoms with Crippen LogP contribution in [-0.4, -0.2) is 19.7 Å². The van der Waals surface area contributed by atoms with Crippen molar-refractivity contribution in [2.45, 2.75) is 15.0 Å². The molecule has 0 saturated carbocycles. The van der Waals surface area contributed by atoms with Crippen molar-refractivity contribution in [3.05, 3.63) is 30.1 Å². The quantitative estimate of drug-likeness (QED) is 0.437. The molecule has 0 saturated heterocycles. The highest BCUT2D eigenvalue weighted by Gasteiger charge is 2.30. The van der Waals surface area contributed by atoms with Crippen molar-refractivity contribution in [1.82, 2.24) is 4.98 Å². The highest BCUT2D eigenvalue weighted by Crippen LogP contribution is 2.34. The molecule has 0 radical (unpaired) electrons. The van der Waals surface area contributed by atoms with Gasteiger partial charge in [-0.15, -0.1) is 0 Å². The molecule has 0 aliphatic carbocycles. The lowest BCUT2D eigenvalue weighted by Gasteiger charge is -2.10. The van der Waals surface area contributed by atoms with Gasteiger partial charge in [0.1, 0.15) is 0 Å². The average Bonchev–Trinajstić information content (AvgIpc) is 2.75. The molecule has 0 amide bonds. The maximum absolute atomic E-state index is 11.4. The lowest BCUT2D eigenvalue weighted by atomic mass is 10.3. The van der Waals surface area contributed by atoms with E-state index in [1.165, 1.54) is 0 Å². The first-order valence-electron chi connectivity index (χ1n) is 5.69. The fourth-order valence-corrected chi connectivity index (χ4v) is 2.02. The molecule has 0 fully saturated rings. The zero-order valence-corrected chi connectivity index (χ0v) is 14.6. The summed E-state index contributed by atoms with van der Waals surface area (Å²) >= 11 is 9.33. The summed E-state index contributed by atoms with van der Waals surface area (Å²) < 4.78 is 4.11. The molecule has 19 heavy (non-hydrogen) atoms. The monoisotopic (exact) mass is 453 g/mol. The third-order valence-corrected chi connectivity index (χ3v) is 3.51. The van der Waals surface area contributed by atoms with E-state index in [1.54, 1.807) is 0 Å². The number of benzene rings is 1. The average molecular weight is 456 g/mol. The smallest absolute Gasteiger partial charge is 0.344 e. The van der Waals surface area contributed by atoms with Crippen LogP contribution in [0.1, 0.15) is 12.2 Å². The Morgan fingerprint density at radius 3 is 2.74 bits per heavy atom. The molecule has 0 bridgehead atoms. The maximum atomic E-state index is 11.4. The number of para-hydroxylation sites is 2. The van der Waals surface area contributed by atoms with Gasteiger partial charge in [-0.1, -0.05) is 12.1 Å². The van der Waals surface area contributed by atoms with E-state index in [-0.39, 0.29) is 0 Å². The maximum Gasteiger partial charge on any atom is 0.344 e. The summed E-state index contributed by atoms with van der Waals surface area (Å²) in [6.07, 6.45) is 1.54. The van der Waals surface area contributed by atoms with Gasteiger partial charge < -0.3 is 4.74 Å². The standard InChI is InChI=1S/C12H11Br3N2O2/c13-12(14,15)11(18)19-7-3-6-10-16-8-4-1-2-5-9(8)17-10/h1-2,4-5H,3,6-7H2,(H,16,17)/p+1. The number of aryl methyl sites for hydroxylation is 1. The van der Waals surface area contributed by atoms with Gasteiger partial charge in [0.25, 0.3) is 5.82 Å². The number of esters is 1. The van der Waals surface area contributed by atoms with Gasteiger partial charge in [0.2, 0.25) is 2.14 Å². The van der Waals surface area contributed by atoms with Crippen molar-refractivity contribution in [3.8, 4) is 0 Å². The molecule has 1 aromatic heterocycles. The Kier molecular flexibility index (Phi) is 5.03. The van der Waals surface area contributed by atoms with E-state index in [4.69, 9.17) is 4.74 Å². The van der Waals surface area contributed by atoms with Crippen LogP contribution in [0.25, 0.3) is 11.0 Å². The second kappa shape index (κ2) is 6.37. The van der Waals surface area contributed by atoms with Crippen molar-refractivity contribution >= 4 is 64.8 Å². The van der Waals surface area contributed by atoms with Crippen LogP contribution >= 0.6 is 47.8 Å². The summed E-state index contributed by atoms with van der Waals surface area (Å²) in [6.45, 7) is 0.368. The van der Waals surface area contributed by atoms with Crippen molar-refractivity contribution < 1.29 is 14.5 Å². The SMILES string of the molecule is O=C(OCCCc1[nH]c2ccccc2[nH+]1)C(Br)(Br)Br. The van der Waals surface area contributed by atoms with Gasteiger partial charge in [-0.3, -0.25) is 0 Å². The molecule has 0 unspecified atom stereocenters. The van der Waals surface area contributed by atoms with Crippen LogP contribution in [0, 0.1) is 0 Å². The highest BCUT2D eigenvalue weighted by molar-refractivity contribution is 9.40. The lowest BCUT2D eigenvalue weighted by molar-refractivity contribution is -0.358. The Balaban J connectivity index is 1.81. The number of carbonyl (C=O) groups excluding carboxylic acids is 1. The number of hydrogen-bond acceptors (Lipinski definition) is 2. The number of ether oxygens (including phenoxy) is 1. The number of fused-ring (bicyclic) bond motifs is 1.